The highest BCUT2D eigenvalue weighted by atomic mass is 32.2. The number of carbonyl (C=O) groups is 1. The maximum absolute atomic E-state index is 11.8. The van der Waals surface area contributed by atoms with Crippen LogP contribution < -0.4 is 11.1 Å². The van der Waals surface area contributed by atoms with Crippen LogP contribution in [0.25, 0.3) is 0 Å². The second-order valence-corrected chi connectivity index (χ2v) is 5.71. The van der Waals surface area contributed by atoms with Gasteiger partial charge < -0.3 is 11.1 Å². The molecule has 0 unspecified atom stereocenters. The molecule has 0 saturated carbocycles. The Kier molecular flexibility index (Phi) is 4.40. The van der Waals surface area contributed by atoms with E-state index in [9.17, 15) is 26.4 Å². The number of benzene rings is 1. The van der Waals surface area contributed by atoms with Gasteiger partial charge in [-0.25, -0.2) is 8.42 Å². The molecular formula is C10H11F3N2O3S. The first-order valence-corrected chi connectivity index (χ1v) is 6.67. The molecule has 0 saturated heterocycles. The third-order valence-corrected chi connectivity index (χ3v) is 3.64. The van der Waals surface area contributed by atoms with E-state index in [0.717, 1.165) is 6.07 Å². The molecule has 0 radical (unpaired) electrons. The number of sulfone groups is 1. The zero-order valence-corrected chi connectivity index (χ0v) is 10.4. The monoisotopic (exact) mass is 296 g/mol. The summed E-state index contributed by atoms with van der Waals surface area (Å²) < 4.78 is 59.0. The number of nitrogens with one attached hydrogen (secondary N) is 1. The molecule has 5 nitrogen and oxygen atoms in total. The minimum Gasteiger partial charge on any atom is -0.399 e. The summed E-state index contributed by atoms with van der Waals surface area (Å²) >= 11 is 0. The van der Waals surface area contributed by atoms with Crippen molar-refractivity contribution in [3.8, 4) is 0 Å². The van der Waals surface area contributed by atoms with Crippen molar-refractivity contribution in [2.45, 2.75) is 11.1 Å². The molecule has 19 heavy (non-hydrogen) atoms. The zero-order valence-electron chi connectivity index (χ0n) is 9.57. The SMILES string of the molecule is Nc1cccc(S(=O)(=O)CC(=O)NCC(F)(F)F)c1. The molecule has 0 aliphatic carbocycles. The fourth-order valence-corrected chi connectivity index (χ4v) is 2.43. The molecule has 0 aliphatic heterocycles. The van der Waals surface area contributed by atoms with Crippen LogP contribution in [0.15, 0.2) is 29.2 Å². The Morgan fingerprint density at radius 3 is 2.47 bits per heavy atom. The van der Waals surface area contributed by atoms with Crippen molar-refractivity contribution >= 4 is 21.4 Å². The number of alkyl halides is 3. The van der Waals surface area contributed by atoms with Crippen LogP contribution in [0, 0.1) is 0 Å². The highest BCUT2D eigenvalue weighted by molar-refractivity contribution is 7.92. The smallest absolute Gasteiger partial charge is 0.399 e. The molecule has 1 aromatic carbocycles. The molecule has 0 aromatic heterocycles. The first-order valence-electron chi connectivity index (χ1n) is 5.02. The number of hydrogen-bond acceptors (Lipinski definition) is 4. The lowest BCUT2D eigenvalue weighted by molar-refractivity contribution is -0.137. The van der Waals surface area contributed by atoms with E-state index in [-0.39, 0.29) is 10.6 Å². The van der Waals surface area contributed by atoms with Crippen LogP contribution >= 0.6 is 0 Å². The van der Waals surface area contributed by atoms with E-state index in [4.69, 9.17) is 5.73 Å². The Morgan fingerprint density at radius 1 is 1.32 bits per heavy atom. The number of carbonyl (C=O) groups excluding carboxylic acids is 1. The summed E-state index contributed by atoms with van der Waals surface area (Å²) in [4.78, 5) is 10.9. The largest absolute Gasteiger partial charge is 0.405 e. The van der Waals surface area contributed by atoms with Crippen LogP contribution in [-0.4, -0.2) is 32.8 Å². The lowest BCUT2D eigenvalue weighted by Gasteiger charge is -2.09. The summed E-state index contributed by atoms with van der Waals surface area (Å²) in [6, 6.07) is 5.16. The van der Waals surface area contributed by atoms with E-state index in [0.29, 0.717) is 0 Å². The molecule has 1 rings (SSSR count). The minimum absolute atomic E-state index is 0.178. The predicted octanol–water partition coefficient (Wildman–Crippen LogP) is 0.721. The number of anilines is 1. The number of nitrogens with two attached hydrogens (primary N) is 1. The van der Waals surface area contributed by atoms with Crippen LogP contribution in [0.5, 0.6) is 0 Å². The molecule has 0 fully saturated rings. The summed E-state index contributed by atoms with van der Waals surface area (Å²) in [7, 11) is -4.01. The van der Waals surface area contributed by atoms with Gasteiger partial charge >= 0.3 is 6.18 Å². The van der Waals surface area contributed by atoms with Crippen molar-refractivity contribution in [2.24, 2.45) is 0 Å². The number of hydrogen-bond donors (Lipinski definition) is 2. The van der Waals surface area contributed by atoms with Gasteiger partial charge in [-0.05, 0) is 18.2 Å². The molecule has 3 N–H and O–H groups in total. The zero-order chi connectivity index (χ0) is 14.7. The second kappa shape index (κ2) is 5.47. The van der Waals surface area contributed by atoms with Gasteiger partial charge in [-0.3, -0.25) is 4.79 Å². The van der Waals surface area contributed by atoms with E-state index in [1.807, 2.05) is 0 Å². The normalized spacial score (nSPS) is 12.2. The third kappa shape index (κ3) is 5.16. The number of rotatable bonds is 4. The fourth-order valence-electron chi connectivity index (χ4n) is 1.21. The molecule has 0 heterocycles. The Morgan fingerprint density at radius 2 is 1.95 bits per heavy atom. The molecule has 1 aromatic rings. The average Bonchev–Trinajstić information content (AvgIpc) is 2.25. The first kappa shape index (κ1) is 15.3. The molecule has 0 atom stereocenters. The van der Waals surface area contributed by atoms with Gasteiger partial charge in [-0.1, -0.05) is 6.07 Å². The van der Waals surface area contributed by atoms with E-state index in [1.54, 1.807) is 0 Å². The number of halogens is 3. The molecule has 1 amide bonds. The maximum atomic E-state index is 11.8. The predicted molar refractivity (Wildman–Crippen MR) is 62.0 cm³/mol. The van der Waals surface area contributed by atoms with Gasteiger partial charge in [-0.15, -0.1) is 0 Å². The van der Waals surface area contributed by atoms with Crippen LogP contribution in [-0.2, 0) is 14.6 Å². The first-order chi connectivity index (χ1) is 8.60. The van der Waals surface area contributed by atoms with E-state index >= 15 is 0 Å². The second-order valence-electron chi connectivity index (χ2n) is 3.72. The number of amides is 1. The molecular weight excluding hydrogens is 285 g/mol. The van der Waals surface area contributed by atoms with Crippen LogP contribution in [0.4, 0.5) is 18.9 Å². The maximum Gasteiger partial charge on any atom is 0.405 e. The highest BCUT2D eigenvalue weighted by Gasteiger charge is 2.29. The van der Waals surface area contributed by atoms with Crippen molar-refractivity contribution in [2.75, 3.05) is 18.0 Å². The van der Waals surface area contributed by atoms with Gasteiger partial charge in [0.2, 0.25) is 5.91 Å². The van der Waals surface area contributed by atoms with Gasteiger partial charge in [-0.2, -0.15) is 13.2 Å². The van der Waals surface area contributed by atoms with Crippen molar-refractivity contribution < 1.29 is 26.4 Å². The molecule has 9 heteroatoms. The molecule has 106 valence electrons. The topological polar surface area (TPSA) is 89.3 Å². The lowest BCUT2D eigenvalue weighted by Crippen LogP contribution is -2.37. The summed E-state index contributed by atoms with van der Waals surface area (Å²) in [6.07, 6.45) is -4.59. The van der Waals surface area contributed by atoms with Gasteiger partial charge in [0.25, 0.3) is 0 Å². The third-order valence-electron chi connectivity index (χ3n) is 2.02. The van der Waals surface area contributed by atoms with Crippen LogP contribution in [0.1, 0.15) is 0 Å². The van der Waals surface area contributed by atoms with Crippen molar-refractivity contribution in [3.05, 3.63) is 24.3 Å². The summed E-state index contributed by atoms with van der Waals surface area (Å²) in [5, 5.41) is 1.49. The average molecular weight is 296 g/mol. The van der Waals surface area contributed by atoms with Gasteiger partial charge in [0.1, 0.15) is 12.3 Å². The Balaban J connectivity index is 2.73. The van der Waals surface area contributed by atoms with E-state index in [2.05, 4.69) is 0 Å². The molecule has 0 bridgehead atoms. The fraction of sp³-hybridized carbons (Fsp3) is 0.300. The Hall–Kier alpha value is -1.77. The standard InChI is InChI=1S/C10H11F3N2O3S/c11-10(12,13)6-15-9(16)5-19(17,18)8-3-1-2-7(14)4-8/h1-4H,5-6,14H2,(H,15,16). The quantitative estimate of drug-likeness (QED) is 0.801. The number of nitrogen functional groups attached to an aromatic ring is 1. The van der Waals surface area contributed by atoms with Gasteiger partial charge in [0.15, 0.2) is 9.84 Å². The molecule has 0 spiro atoms. The summed E-state index contributed by atoms with van der Waals surface area (Å²) in [5.41, 5.74) is 5.57. The summed E-state index contributed by atoms with van der Waals surface area (Å²) in [6.45, 7) is -1.57. The molecule has 0 aliphatic rings. The Bertz CT molecular complexity index is 570. The van der Waals surface area contributed by atoms with Gasteiger partial charge in [0, 0.05) is 5.69 Å². The van der Waals surface area contributed by atoms with E-state index < -0.39 is 34.2 Å². The van der Waals surface area contributed by atoms with Gasteiger partial charge in [0.05, 0.1) is 4.90 Å². The Labute approximate surface area is 107 Å². The highest BCUT2D eigenvalue weighted by Crippen LogP contribution is 2.15. The van der Waals surface area contributed by atoms with Crippen molar-refractivity contribution in [1.82, 2.24) is 5.32 Å². The summed E-state index contributed by atoms with van der Waals surface area (Å²) in [5.74, 6) is -2.29. The van der Waals surface area contributed by atoms with Crippen molar-refractivity contribution in [3.63, 3.8) is 0 Å². The van der Waals surface area contributed by atoms with Crippen LogP contribution in [0.2, 0.25) is 0 Å². The van der Waals surface area contributed by atoms with Crippen LogP contribution in [0.3, 0.4) is 0 Å². The van der Waals surface area contributed by atoms with E-state index in [1.165, 1.54) is 23.5 Å². The minimum atomic E-state index is -4.59. The lowest BCUT2D eigenvalue weighted by atomic mass is 10.3. The van der Waals surface area contributed by atoms with Crippen molar-refractivity contribution in [1.29, 1.82) is 0 Å².